The van der Waals surface area contributed by atoms with Crippen molar-refractivity contribution in [3.05, 3.63) is 0 Å². The summed E-state index contributed by atoms with van der Waals surface area (Å²) in [5, 5.41) is 0. The maximum Gasteiger partial charge on any atom is 0.414 e. The Morgan fingerprint density at radius 3 is 2.28 bits per heavy atom. The third-order valence-electron chi connectivity index (χ3n) is 2.57. The van der Waals surface area contributed by atoms with E-state index in [0.717, 1.165) is 0 Å². The number of hydrogen-bond acceptors (Lipinski definition) is 3. The van der Waals surface area contributed by atoms with E-state index >= 15 is 0 Å². The predicted molar refractivity (Wildman–Crippen MR) is 64.9 cm³/mol. The van der Waals surface area contributed by atoms with Gasteiger partial charge in [-0.25, -0.2) is 0 Å². The van der Waals surface area contributed by atoms with Crippen LogP contribution in [0.1, 0.15) is 33.6 Å². The minimum absolute atomic E-state index is 0.0188. The molecular formula is C11H18F3NO2S. The number of nitrogens with zero attached hydrogens (tertiary/aromatic N) is 1. The summed E-state index contributed by atoms with van der Waals surface area (Å²) in [6.07, 6.45) is -4.21. The first-order valence-corrected chi connectivity index (χ1v) is 6.86. The van der Waals surface area contributed by atoms with E-state index in [1.54, 1.807) is 20.8 Å². The van der Waals surface area contributed by atoms with Gasteiger partial charge in [0, 0.05) is 5.92 Å². The third kappa shape index (κ3) is 4.78. The van der Waals surface area contributed by atoms with Crippen molar-refractivity contribution in [2.45, 2.75) is 50.6 Å². The van der Waals surface area contributed by atoms with Crippen LogP contribution in [0.3, 0.4) is 0 Å². The van der Waals surface area contributed by atoms with Crippen LogP contribution >= 0.6 is 0 Å². The molecule has 0 spiro atoms. The first-order chi connectivity index (χ1) is 8.10. The van der Waals surface area contributed by atoms with Gasteiger partial charge in [-0.1, -0.05) is 4.40 Å². The zero-order chi connectivity index (χ0) is 14.0. The molecule has 3 unspecified atom stereocenters. The first-order valence-electron chi connectivity index (χ1n) is 5.75. The van der Waals surface area contributed by atoms with Crippen molar-refractivity contribution in [1.29, 1.82) is 0 Å². The lowest BCUT2D eigenvalue weighted by atomic mass is 9.99. The summed E-state index contributed by atoms with van der Waals surface area (Å²) in [5.74, 6) is -0.185. The van der Waals surface area contributed by atoms with Gasteiger partial charge < -0.3 is 9.29 Å². The van der Waals surface area contributed by atoms with Gasteiger partial charge in [0.25, 0.3) is 0 Å². The normalized spacial score (nSPS) is 28.6. The van der Waals surface area contributed by atoms with Crippen molar-refractivity contribution in [2.24, 2.45) is 10.3 Å². The third-order valence-corrected chi connectivity index (χ3v) is 3.93. The number of halogens is 3. The molecule has 0 saturated carbocycles. The Morgan fingerprint density at radius 1 is 1.28 bits per heavy atom. The van der Waals surface area contributed by atoms with Gasteiger partial charge >= 0.3 is 6.18 Å². The second kappa shape index (κ2) is 5.79. The van der Waals surface area contributed by atoms with E-state index in [2.05, 4.69) is 4.40 Å². The van der Waals surface area contributed by atoms with Gasteiger partial charge in [0.05, 0.1) is 12.8 Å². The molecule has 0 amide bonds. The highest BCUT2D eigenvalue weighted by Gasteiger charge is 2.42. The van der Waals surface area contributed by atoms with Crippen molar-refractivity contribution in [3.8, 4) is 0 Å². The van der Waals surface area contributed by atoms with Gasteiger partial charge in [0.15, 0.2) is 6.10 Å². The van der Waals surface area contributed by atoms with E-state index in [0.29, 0.717) is 6.42 Å². The Bertz CT molecular complexity index is 294. The van der Waals surface area contributed by atoms with Gasteiger partial charge in [0.2, 0.25) is 0 Å². The first kappa shape index (κ1) is 15.8. The Balaban J connectivity index is 2.43. The van der Waals surface area contributed by atoms with Gasteiger partial charge in [-0.3, -0.25) is 0 Å². The Kier molecular flexibility index (Phi) is 5.08. The van der Waals surface area contributed by atoms with Crippen LogP contribution in [0, 0.1) is 5.92 Å². The molecule has 0 aromatic heterocycles. The minimum Gasteiger partial charge on any atom is -0.591 e. The summed E-state index contributed by atoms with van der Waals surface area (Å²) in [6.45, 7) is 5.35. The summed E-state index contributed by atoms with van der Waals surface area (Å²) in [6, 6.07) is 0. The molecular weight excluding hydrogens is 267 g/mol. The number of alkyl halides is 3. The standard InChI is InChI=1S/C11H18F3NO2S/c1-10(2,3)18(16)15-6-8-4-5-9(17-7-8)11(12,13)14/h6,8-9H,4-5,7H2,1-3H3. The lowest BCUT2D eigenvalue weighted by Gasteiger charge is -2.28. The van der Waals surface area contributed by atoms with Crippen LogP contribution in [0.15, 0.2) is 4.40 Å². The number of ether oxygens (including phenoxy) is 1. The fourth-order valence-corrected chi connectivity index (χ4v) is 2.05. The fourth-order valence-electron chi connectivity index (χ4n) is 1.45. The van der Waals surface area contributed by atoms with Crippen molar-refractivity contribution < 1.29 is 22.5 Å². The molecule has 0 bridgehead atoms. The molecule has 1 saturated heterocycles. The number of hydrogen-bond donors (Lipinski definition) is 0. The molecule has 3 nitrogen and oxygen atoms in total. The maximum atomic E-state index is 12.3. The topological polar surface area (TPSA) is 44.7 Å². The van der Waals surface area contributed by atoms with E-state index < -0.39 is 28.4 Å². The molecule has 1 aliphatic heterocycles. The van der Waals surface area contributed by atoms with Gasteiger partial charge in [-0.05, 0) is 33.6 Å². The van der Waals surface area contributed by atoms with Crippen LogP contribution in [0.25, 0.3) is 0 Å². The molecule has 0 aliphatic carbocycles. The SMILES string of the molecule is CC(C)(C)[S+]([O-])N=CC1CCC(C(F)(F)F)OC1. The van der Waals surface area contributed by atoms with Crippen molar-refractivity contribution >= 4 is 17.6 Å². The molecule has 1 aliphatic rings. The highest BCUT2D eigenvalue weighted by atomic mass is 32.2. The van der Waals surface area contributed by atoms with Gasteiger partial charge in [0.1, 0.15) is 16.1 Å². The van der Waals surface area contributed by atoms with E-state index in [4.69, 9.17) is 4.74 Å². The van der Waals surface area contributed by atoms with E-state index in [1.165, 1.54) is 6.21 Å². The Morgan fingerprint density at radius 2 is 1.89 bits per heavy atom. The van der Waals surface area contributed by atoms with E-state index in [1.807, 2.05) is 0 Å². The average Bonchev–Trinajstić information content (AvgIpc) is 2.24. The smallest absolute Gasteiger partial charge is 0.414 e. The van der Waals surface area contributed by atoms with Crippen molar-refractivity contribution in [1.82, 2.24) is 0 Å². The van der Waals surface area contributed by atoms with Crippen molar-refractivity contribution in [3.63, 3.8) is 0 Å². The quantitative estimate of drug-likeness (QED) is 0.578. The largest absolute Gasteiger partial charge is 0.591 e. The van der Waals surface area contributed by atoms with Gasteiger partial charge in [-0.15, -0.1) is 0 Å². The zero-order valence-corrected chi connectivity index (χ0v) is 11.5. The molecule has 1 fully saturated rings. The van der Waals surface area contributed by atoms with Crippen molar-refractivity contribution in [2.75, 3.05) is 6.61 Å². The van der Waals surface area contributed by atoms with Crippen LogP contribution in [-0.2, 0) is 16.1 Å². The van der Waals surface area contributed by atoms with Gasteiger partial charge in [-0.2, -0.15) is 13.2 Å². The monoisotopic (exact) mass is 285 g/mol. The average molecular weight is 285 g/mol. The summed E-state index contributed by atoms with van der Waals surface area (Å²) < 4.78 is 56.8. The molecule has 1 heterocycles. The zero-order valence-electron chi connectivity index (χ0n) is 10.7. The van der Waals surface area contributed by atoms with Crippen LogP contribution in [0.5, 0.6) is 0 Å². The summed E-state index contributed by atoms with van der Waals surface area (Å²) in [7, 11) is 0. The lowest BCUT2D eigenvalue weighted by molar-refractivity contribution is -0.232. The van der Waals surface area contributed by atoms with E-state index in [9.17, 15) is 17.7 Å². The second-order valence-corrected chi connectivity index (χ2v) is 7.25. The minimum atomic E-state index is -4.30. The molecule has 1 rings (SSSR count). The maximum absolute atomic E-state index is 12.3. The highest BCUT2D eigenvalue weighted by molar-refractivity contribution is 7.91. The Labute approximate surface area is 108 Å². The fraction of sp³-hybridized carbons (Fsp3) is 0.909. The molecule has 7 heteroatoms. The lowest BCUT2D eigenvalue weighted by Crippen LogP contribution is -2.38. The second-order valence-electron chi connectivity index (χ2n) is 5.32. The molecule has 0 radical (unpaired) electrons. The van der Waals surface area contributed by atoms with Crippen LogP contribution < -0.4 is 0 Å². The summed E-state index contributed by atoms with van der Waals surface area (Å²) in [4.78, 5) is 0. The molecule has 0 aromatic carbocycles. The van der Waals surface area contributed by atoms with E-state index in [-0.39, 0.29) is 18.9 Å². The molecule has 0 aromatic rings. The Hall–Kier alpha value is -0.270. The van der Waals surface area contributed by atoms with Crippen LogP contribution in [-0.4, -0.2) is 34.4 Å². The highest BCUT2D eigenvalue weighted by Crippen LogP contribution is 2.31. The molecule has 3 atom stereocenters. The molecule has 18 heavy (non-hydrogen) atoms. The van der Waals surface area contributed by atoms with Crippen LogP contribution in [0.4, 0.5) is 13.2 Å². The molecule has 106 valence electrons. The number of rotatable bonds is 2. The summed E-state index contributed by atoms with van der Waals surface area (Å²) >= 11 is -1.37. The predicted octanol–water partition coefficient (Wildman–Crippen LogP) is 2.88. The van der Waals surface area contributed by atoms with Crippen LogP contribution in [0.2, 0.25) is 0 Å². The summed E-state index contributed by atoms with van der Waals surface area (Å²) in [5.41, 5.74) is 0. The molecule has 0 N–H and O–H groups in total.